The molecule has 0 heterocycles. The molecule has 2 fully saturated rings. The van der Waals surface area contributed by atoms with E-state index < -0.39 is 11.6 Å². The van der Waals surface area contributed by atoms with Crippen LogP contribution in [0.4, 0.5) is 8.78 Å². The number of hydrogen-bond donors (Lipinski definition) is 0. The summed E-state index contributed by atoms with van der Waals surface area (Å²) in [4.78, 5) is 0. The van der Waals surface area contributed by atoms with Gasteiger partial charge in [0.2, 0.25) is 5.82 Å². The van der Waals surface area contributed by atoms with Gasteiger partial charge in [-0.25, -0.2) is 4.39 Å². The van der Waals surface area contributed by atoms with Crippen LogP contribution in [0.15, 0.2) is 66.7 Å². The van der Waals surface area contributed by atoms with E-state index in [1.54, 1.807) is 13.0 Å². The minimum Gasteiger partial charge on any atom is -0.491 e. The highest BCUT2D eigenvalue weighted by Crippen LogP contribution is 2.48. The van der Waals surface area contributed by atoms with Gasteiger partial charge in [0, 0.05) is 12.7 Å². The highest BCUT2D eigenvalue weighted by molar-refractivity contribution is 5.65. The fraction of sp³-hybridized carbons (Fsp3) is 0.455. The first-order valence-electron chi connectivity index (χ1n) is 13.9. The van der Waals surface area contributed by atoms with Crippen molar-refractivity contribution in [2.45, 2.75) is 69.8 Å². The van der Waals surface area contributed by atoms with Crippen LogP contribution in [0.1, 0.15) is 75.3 Å². The molecule has 3 aromatic rings. The third kappa shape index (κ3) is 5.31. The molecule has 0 spiro atoms. The van der Waals surface area contributed by atoms with Gasteiger partial charge in [-0.1, -0.05) is 54.6 Å². The molecule has 0 N–H and O–H groups in total. The Morgan fingerprint density at radius 3 is 2.03 bits per heavy atom. The standard InChI is InChI=1S/C33H38F2O2/c1-3-37-30-18-17-29(31(34)32(30)35)27-15-13-24(14-16-27)23-9-11-25(12-10-23)26-19-21-33(36-2,22-20-26)28-7-5-4-6-8-28/h4-8,13-18,23,25-26H,3,9-12,19-22H2,1-2H3. The van der Waals surface area contributed by atoms with Crippen molar-refractivity contribution < 1.29 is 18.3 Å². The van der Waals surface area contributed by atoms with Gasteiger partial charge in [0.1, 0.15) is 0 Å². The molecule has 2 nitrogen and oxygen atoms in total. The third-order valence-electron chi connectivity index (χ3n) is 9.01. The zero-order valence-corrected chi connectivity index (χ0v) is 22.0. The Labute approximate surface area is 220 Å². The van der Waals surface area contributed by atoms with Crippen LogP contribution in [0, 0.1) is 23.5 Å². The fourth-order valence-electron chi connectivity index (χ4n) is 6.81. The highest BCUT2D eigenvalue weighted by atomic mass is 19.2. The number of benzene rings is 3. The summed E-state index contributed by atoms with van der Waals surface area (Å²) >= 11 is 0. The topological polar surface area (TPSA) is 18.5 Å². The van der Waals surface area contributed by atoms with Crippen molar-refractivity contribution in [1.29, 1.82) is 0 Å². The summed E-state index contributed by atoms with van der Waals surface area (Å²) in [5, 5.41) is 0. The summed E-state index contributed by atoms with van der Waals surface area (Å²) in [5.74, 6) is 0.309. The molecule has 3 aromatic carbocycles. The molecule has 2 saturated carbocycles. The molecule has 0 aliphatic heterocycles. The molecule has 2 aliphatic rings. The SMILES string of the molecule is CCOc1ccc(-c2ccc(C3CCC(C4CCC(OC)(c5ccccc5)CC4)CC3)cc2)c(F)c1F. The Hall–Kier alpha value is -2.72. The Balaban J connectivity index is 1.18. The second-order valence-corrected chi connectivity index (χ2v) is 10.8. The third-order valence-corrected chi connectivity index (χ3v) is 9.01. The largest absolute Gasteiger partial charge is 0.491 e. The van der Waals surface area contributed by atoms with E-state index in [9.17, 15) is 8.78 Å². The summed E-state index contributed by atoms with van der Waals surface area (Å²) in [6.45, 7) is 2.05. The lowest BCUT2D eigenvalue weighted by atomic mass is 9.66. The molecular weight excluding hydrogens is 466 g/mol. The maximum absolute atomic E-state index is 14.7. The molecule has 4 heteroatoms. The van der Waals surface area contributed by atoms with Gasteiger partial charge in [-0.3, -0.25) is 0 Å². The quantitative estimate of drug-likeness (QED) is 0.319. The van der Waals surface area contributed by atoms with E-state index in [-0.39, 0.29) is 16.9 Å². The Bertz CT molecular complexity index is 1160. The lowest BCUT2D eigenvalue weighted by molar-refractivity contribution is -0.0619. The lowest BCUT2D eigenvalue weighted by Gasteiger charge is -2.43. The minimum atomic E-state index is -0.920. The molecule has 0 aromatic heterocycles. The van der Waals surface area contributed by atoms with Crippen molar-refractivity contribution in [3.63, 3.8) is 0 Å². The maximum atomic E-state index is 14.7. The van der Waals surface area contributed by atoms with Crippen LogP contribution >= 0.6 is 0 Å². The van der Waals surface area contributed by atoms with E-state index in [0.717, 1.165) is 24.7 Å². The maximum Gasteiger partial charge on any atom is 0.201 e. The zero-order valence-electron chi connectivity index (χ0n) is 22.0. The molecule has 37 heavy (non-hydrogen) atoms. The van der Waals surface area contributed by atoms with Crippen LogP contribution in [-0.2, 0) is 10.3 Å². The smallest absolute Gasteiger partial charge is 0.201 e. The van der Waals surface area contributed by atoms with Crippen LogP contribution in [0.2, 0.25) is 0 Å². The van der Waals surface area contributed by atoms with E-state index in [4.69, 9.17) is 9.47 Å². The van der Waals surface area contributed by atoms with Crippen LogP contribution < -0.4 is 4.74 Å². The Morgan fingerprint density at radius 2 is 1.41 bits per heavy atom. The zero-order chi connectivity index (χ0) is 25.8. The first-order valence-corrected chi connectivity index (χ1v) is 13.9. The van der Waals surface area contributed by atoms with Gasteiger partial charge >= 0.3 is 0 Å². The van der Waals surface area contributed by atoms with Crippen molar-refractivity contribution in [1.82, 2.24) is 0 Å². The van der Waals surface area contributed by atoms with Gasteiger partial charge in [0.05, 0.1) is 12.2 Å². The van der Waals surface area contributed by atoms with Crippen molar-refractivity contribution in [2.75, 3.05) is 13.7 Å². The van der Waals surface area contributed by atoms with E-state index >= 15 is 0 Å². The molecule has 196 valence electrons. The van der Waals surface area contributed by atoms with Gasteiger partial charge in [-0.05, 0) is 105 Å². The molecule has 0 bridgehead atoms. The second-order valence-electron chi connectivity index (χ2n) is 10.8. The van der Waals surface area contributed by atoms with Gasteiger partial charge in [-0.15, -0.1) is 0 Å². The number of rotatable bonds is 7. The lowest BCUT2D eigenvalue weighted by Crippen LogP contribution is -2.36. The molecule has 5 rings (SSSR count). The molecule has 0 amide bonds. The molecule has 0 saturated heterocycles. The van der Waals surface area contributed by atoms with E-state index in [1.807, 2.05) is 19.2 Å². The fourth-order valence-corrected chi connectivity index (χ4v) is 6.81. The normalized spacial score (nSPS) is 26.1. The molecule has 2 aliphatic carbocycles. The number of ether oxygens (including phenoxy) is 2. The molecular formula is C33H38F2O2. The number of halogens is 2. The van der Waals surface area contributed by atoms with Crippen molar-refractivity contribution in [3.05, 3.63) is 89.5 Å². The van der Waals surface area contributed by atoms with Gasteiger partial charge in [0.25, 0.3) is 0 Å². The Morgan fingerprint density at radius 1 is 0.757 bits per heavy atom. The first kappa shape index (κ1) is 25.9. The predicted octanol–water partition coefficient (Wildman–Crippen LogP) is 9.04. The predicted molar refractivity (Wildman–Crippen MR) is 145 cm³/mol. The highest BCUT2D eigenvalue weighted by Gasteiger charge is 2.39. The Kier molecular flexibility index (Phi) is 7.95. The number of methoxy groups -OCH3 is 1. The monoisotopic (exact) mass is 504 g/mol. The van der Waals surface area contributed by atoms with E-state index in [0.29, 0.717) is 18.1 Å². The van der Waals surface area contributed by atoms with Crippen molar-refractivity contribution in [2.24, 2.45) is 11.8 Å². The van der Waals surface area contributed by atoms with Gasteiger partial charge < -0.3 is 9.47 Å². The van der Waals surface area contributed by atoms with Crippen LogP contribution in [0.25, 0.3) is 11.1 Å². The average Bonchev–Trinajstić information content (AvgIpc) is 2.96. The van der Waals surface area contributed by atoms with Crippen LogP contribution in [0.5, 0.6) is 5.75 Å². The molecule has 0 atom stereocenters. The summed E-state index contributed by atoms with van der Waals surface area (Å²) in [6, 6.07) is 21.9. The molecule has 0 radical (unpaired) electrons. The van der Waals surface area contributed by atoms with Gasteiger partial charge in [0.15, 0.2) is 11.6 Å². The minimum absolute atomic E-state index is 0.0388. The summed E-state index contributed by atoms with van der Waals surface area (Å²) in [6.07, 6.45) is 9.59. The number of hydrogen-bond acceptors (Lipinski definition) is 2. The van der Waals surface area contributed by atoms with Crippen molar-refractivity contribution >= 4 is 0 Å². The van der Waals surface area contributed by atoms with Crippen LogP contribution in [-0.4, -0.2) is 13.7 Å². The summed E-state index contributed by atoms with van der Waals surface area (Å²) < 4.78 is 40.3. The average molecular weight is 505 g/mol. The summed E-state index contributed by atoms with van der Waals surface area (Å²) in [7, 11) is 1.87. The molecule has 0 unspecified atom stereocenters. The summed E-state index contributed by atoms with van der Waals surface area (Å²) in [5.41, 5.74) is 3.47. The van der Waals surface area contributed by atoms with E-state index in [1.165, 1.54) is 55.7 Å². The second kappa shape index (κ2) is 11.3. The van der Waals surface area contributed by atoms with E-state index in [2.05, 4.69) is 42.5 Å². The van der Waals surface area contributed by atoms with Crippen molar-refractivity contribution in [3.8, 4) is 16.9 Å². The van der Waals surface area contributed by atoms with Gasteiger partial charge in [-0.2, -0.15) is 4.39 Å². The van der Waals surface area contributed by atoms with Crippen LogP contribution in [0.3, 0.4) is 0 Å². The first-order chi connectivity index (χ1) is 18.0.